The standard InChI is InChI=1S/C22H23Cl2FN2/c23-14-7-8-16-19(11-14)26-13-22(16)17(15-5-4-6-18(24)20(15)25)12-27-21(22)9-2-1-3-10-21/h4-8,11,17,26-27H,1-3,9-10,12-13H2/t17-,22-/m1/s1. The summed E-state index contributed by atoms with van der Waals surface area (Å²) in [7, 11) is 0. The average Bonchev–Trinajstić information content (AvgIpc) is 3.19. The van der Waals surface area contributed by atoms with Crippen LogP contribution >= 0.6 is 23.2 Å². The highest BCUT2D eigenvalue weighted by molar-refractivity contribution is 6.31. The topological polar surface area (TPSA) is 24.1 Å². The minimum Gasteiger partial charge on any atom is -0.384 e. The summed E-state index contributed by atoms with van der Waals surface area (Å²) in [6, 6.07) is 11.5. The number of anilines is 1. The summed E-state index contributed by atoms with van der Waals surface area (Å²) in [4.78, 5) is 0. The molecule has 5 heteroatoms. The summed E-state index contributed by atoms with van der Waals surface area (Å²) in [6.45, 7) is 1.56. The van der Waals surface area contributed by atoms with Gasteiger partial charge in [-0.15, -0.1) is 0 Å². The normalized spacial score (nSPS) is 28.5. The number of hydrogen-bond acceptors (Lipinski definition) is 2. The first-order chi connectivity index (χ1) is 13.1. The second-order valence-electron chi connectivity index (χ2n) is 8.23. The molecule has 142 valence electrons. The second kappa shape index (κ2) is 6.37. The third kappa shape index (κ3) is 2.41. The van der Waals surface area contributed by atoms with Crippen molar-refractivity contribution in [1.82, 2.24) is 5.32 Å². The van der Waals surface area contributed by atoms with Crippen molar-refractivity contribution in [1.29, 1.82) is 0 Å². The van der Waals surface area contributed by atoms with Crippen LogP contribution in [0.4, 0.5) is 10.1 Å². The van der Waals surface area contributed by atoms with Gasteiger partial charge in [-0.25, -0.2) is 4.39 Å². The number of rotatable bonds is 1. The molecular weight excluding hydrogens is 382 g/mol. The van der Waals surface area contributed by atoms with E-state index < -0.39 is 0 Å². The number of hydrogen-bond donors (Lipinski definition) is 2. The Morgan fingerprint density at radius 1 is 1.04 bits per heavy atom. The zero-order valence-corrected chi connectivity index (χ0v) is 16.6. The van der Waals surface area contributed by atoms with Gasteiger partial charge < -0.3 is 10.6 Å². The zero-order chi connectivity index (χ0) is 18.6. The van der Waals surface area contributed by atoms with E-state index in [9.17, 15) is 0 Å². The highest BCUT2D eigenvalue weighted by atomic mass is 35.5. The van der Waals surface area contributed by atoms with Crippen LogP contribution in [0, 0.1) is 5.82 Å². The van der Waals surface area contributed by atoms with Gasteiger partial charge in [-0.05, 0) is 42.2 Å². The lowest BCUT2D eigenvalue weighted by Gasteiger charge is -2.48. The zero-order valence-electron chi connectivity index (χ0n) is 15.1. The quantitative estimate of drug-likeness (QED) is 0.619. The average molecular weight is 405 g/mol. The van der Waals surface area contributed by atoms with Crippen LogP contribution in [-0.4, -0.2) is 18.6 Å². The Labute approximate surface area is 169 Å². The van der Waals surface area contributed by atoms with Gasteiger partial charge >= 0.3 is 0 Å². The van der Waals surface area contributed by atoms with E-state index in [4.69, 9.17) is 23.2 Å². The van der Waals surface area contributed by atoms with Crippen molar-refractivity contribution >= 4 is 28.9 Å². The van der Waals surface area contributed by atoms with Crippen LogP contribution in [0.3, 0.4) is 0 Å². The van der Waals surface area contributed by atoms with Gasteiger partial charge in [-0.1, -0.05) is 60.7 Å². The molecule has 2 aromatic rings. The van der Waals surface area contributed by atoms with E-state index in [2.05, 4.69) is 16.7 Å². The molecular formula is C22H23Cl2FN2. The summed E-state index contributed by atoms with van der Waals surface area (Å²) in [6.07, 6.45) is 5.94. The summed E-state index contributed by atoms with van der Waals surface area (Å²) >= 11 is 12.4. The summed E-state index contributed by atoms with van der Waals surface area (Å²) < 4.78 is 15.1. The first-order valence-electron chi connectivity index (χ1n) is 9.80. The smallest absolute Gasteiger partial charge is 0.145 e. The van der Waals surface area contributed by atoms with Crippen molar-refractivity contribution in [2.24, 2.45) is 0 Å². The maximum atomic E-state index is 15.1. The second-order valence-corrected chi connectivity index (χ2v) is 9.08. The molecule has 2 spiro atoms. The van der Waals surface area contributed by atoms with Crippen molar-refractivity contribution in [2.45, 2.75) is 49.0 Å². The van der Waals surface area contributed by atoms with E-state index in [-0.39, 0.29) is 27.7 Å². The van der Waals surface area contributed by atoms with Crippen molar-refractivity contribution in [2.75, 3.05) is 18.4 Å². The van der Waals surface area contributed by atoms with E-state index in [0.717, 1.165) is 42.2 Å². The first-order valence-corrected chi connectivity index (χ1v) is 10.6. The first kappa shape index (κ1) is 17.8. The Morgan fingerprint density at radius 2 is 1.85 bits per heavy atom. The lowest BCUT2D eigenvalue weighted by molar-refractivity contribution is 0.165. The highest BCUT2D eigenvalue weighted by Crippen LogP contribution is 2.60. The molecule has 2 nitrogen and oxygen atoms in total. The molecule has 0 bridgehead atoms. The molecule has 2 aromatic carbocycles. The van der Waals surface area contributed by atoms with Crippen LogP contribution < -0.4 is 10.6 Å². The summed E-state index contributed by atoms with van der Waals surface area (Å²) in [5.74, 6) is -0.246. The largest absolute Gasteiger partial charge is 0.384 e. The van der Waals surface area contributed by atoms with Crippen LogP contribution in [0.1, 0.15) is 49.1 Å². The third-order valence-corrected chi connectivity index (χ3v) is 7.70. The Bertz CT molecular complexity index is 894. The molecule has 0 aromatic heterocycles. The monoisotopic (exact) mass is 404 g/mol. The number of nitrogens with one attached hydrogen (secondary N) is 2. The molecule has 0 unspecified atom stereocenters. The number of fused-ring (bicyclic) bond motifs is 3. The highest BCUT2D eigenvalue weighted by Gasteiger charge is 2.63. The molecule has 2 N–H and O–H groups in total. The molecule has 1 saturated carbocycles. The maximum Gasteiger partial charge on any atom is 0.145 e. The summed E-state index contributed by atoms with van der Waals surface area (Å²) in [5.41, 5.74) is 2.86. The van der Waals surface area contributed by atoms with Crippen LogP contribution in [0.25, 0.3) is 0 Å². The SMILES string of the molecule is Fc1c(Cl)cccc1[C@H]1CNC2(CCCCC2)[C@@]12CNc1cc(Cl)ccc12. The Hall–Kier alpha value is -1.29. The molecule has 0 amide bonds. The van der Waals surface area contributed by atoms with Gasteiger partial charge in [-0.2, -0.15) is 0 Å². The van der Waals surface area contributed by atoms with Gasteiger partial charge in [0.15, 0.2) is 0 Å². The minimum absolute atomic E-state index is 0.0171. The van der Waals surface area contributed by atoms with Crippen LogP contribution in [0.15, 0.2) is 36.4 Å². The number of benzene rings is 2. The molecule has 2 fully saturated rings. The fourth-order valence-corrected chi connectivity index (χ4v) is 6.38. The summed E-state index contributed by atoms with van der Waals surface area (Å²) in [5, 5.41) is 8.40. The lowest BCUT2D eigenvalue weighted by atomic mass is 9.56. The maximum absolute atomic E-state index is 15.1. The van der Waals surface area contributed by atoms with Crippen LogP contribution in [0.5, 0.6) is 0 Å². The predicted octanol–water partition coefficient (Wildman–Crippen LogP) is 5.89. The van der Waals surface area contributed by atoms with Crippen molar-refractivity contribution in [3.8, 4) is 0 Å². The van der Waals surface area contributed by atoms with Crippen molar-refractivity contribution in [3.05, 3.63) is 63.4 Å². The third-order valence-electron chi connectivity index (χ3n) is 7.18. The minimum atomic E-state index is -0.277. The van der Waals surface area contributed by atoms with Gasteiger partial charge in [0, 0.05) is 40.7 Å². The molecule has 1 saturated heterocycles. The Balaban J connectivity index is 1.73. The van der Waals surface area contributed by atoms with Crippen LogP contribution in [-0.2, 0) is 5.41 Å². The predicted molar refractivity (Wildman–Crippen MR) is 110 cm³/mol. The van der Waals surface area contributed by atoms with Crippen molar-refractivity contribution < 1.29 is 4.39 Å². The molecule has 1 aliphatic carbocycles. The van der Waals surface area contributed by atoms with Gasteiger partial charge in [0.2, 0.25) is 0 Å². The van der Waals surface area contributed by atoms with E-state index in [1.54, 1.807) is 6.07 Å². The van der Waals surface area contributed by atoms with E-state index in [1.165, 1.54) is 24.8 Å². The molecule has 2 aliphatic heterocycles. The molecule has 3 aliphatic rings. The lowest BCUT2D eigenvalue weighted by Crippen LogP contribution is -2.57. The van der Waals surface area contributed by atoms with Gasteiger partial charge in [0.1, 0.15) is 5.82 Å². The molecule has 2 atom stereocenters. The van der Waals surface area contributed by atoms with E-state index >= 15 is 4.39 Å². The number of halogens is 3. The fraction of sp³-hybridized carbons (Fsp3) is 0.455. The van der Waals surface area contributed by atoms with Gasteiger partial charge in [0.05, 0.1) is 5.02 Å². The molecule has 0 radical (unpaired) electrons. The van der Waals surface area contributed by atoms with E-state index in [0.29, 0.717) is 0 Å². The van der Waals surface area contributed by atoms with Gasteiger partial charge in [0.25, 0.3) is 0 Å². The molecule has 2 heterocycles. The van der Waals surface area contributed by atoms with Crippen molar-refractivity contribution in [3.63, 3.8) is 0 Å². The molecule has 27 heavy (non-hydrogen) atoms. The Kier molecular flexibility index (Phi) is 4.19. The van der Waals surface area contributed by atoms with Gasteiger partial charge in [-0.3, -0.25) is 0 Å². The van der Waals surface area contributed by atoms with Crippen LogP contribution in [0.2, 0.25) is 10.0 Å². The molecule has 5 rings (SSSR count). The van der Waals surface area contributed by atoms with E-state index in [1.807, 2.05) is 24.3 Å². The Morgan fingerprint density at radius 3 is 2.67 bits per heavy atom. The fourth-order valence-electron chi connectivity index (χ4n) is 6.03.